The van der Waals surface area contributed by atoms with Crippen molar-refractivity contribution in [1.82, 2.24) is 19.4 Å². The highest BCUT2D eigenvalue weighted by Crippen LogP contribution is 2.45. The SMILES string of the molecule is CCC(=O)c1c(-c2ccc(C)nc2)oc2cc(N(C)S(C)(=O)=O)c(-c3ccc4c(n3)-c3cc5c(F)cccc5n3C(CCN3CC(F)C3)C4)cc12. The number of hydrogen-bond acceptors (Lipinski definition) is 7. The largest absolute Gasteiger partial charge is 0.455 e. The van der Waals surface area contributed by atoms with E-state index in [1.165, 1.54) is 17.4 Å². The first-order chi connectivity index (χ1) is 24.4. The Balaban J connectivity index is 1.31. The van der Waals surface area contributed by atoms with Gasteiger partial charge in [-0.2, -0.15) is 0 Å². The van der Waals surface area contributed by atoms with Gasteiger partial charge in [-0.3, -0.25) is 19.0 Å². The van der Waals surface area contributed by atoms with Gasteiger partial charge in [0.2, 0.25) is 10.0 Å². The lowest BCUT2D eigenvalue weighted by Crippen LogP contribution is -2.48. The summed E-state index contributed by atoms with van der Waals surface area (Å²) in [6, 6.07) is 17.9. The molecule has 2 aliphatic heterocycles. The zero-order valence-corrected chi connectivity index (χ0v) is 29.6. The number of likely N-dealkylation sites (tertiary alicyclic amines) is 1. The Kier molecular flexibility index (Phi) is 8.06. The summed E-state index contributed by atoms with van der Waals surface area (Å²) in [5, 5.41) is 1.03. The van der Waals surface area contributed by atoms with Crippen LogP contribution in [-0.4, -0.2) is 72.7 Å². The molecule has 4 aromatic heterocycles. The molecule has 0 N–H and O–H groups in total. The van der Waals surface area contributed by atoms with Crippen LogP contribution in [0.15, 0.2) is 71.3 Å². The molecule has 9 nitrogen and oxygen atoms in total. The summed E-state index contributed by atoms with van der Waals surface area (Å²) in [5.74, 6) is -0.0921. The van der Waals surface area contributed by atoms with Gasteiger partial charge in [-0.05, 0) is 67.8 Å². The Hall–Kier alpha value is -4.94. The maximum absolute atomic E-state index is 15.2. The second-order valence-electron chi connectivity index (χ2n) is 13.6. The highest BCUT2D eigenvalue weighted by molar-refractivity contribution is 7.92. The summed E-state index contributed by atoms with van der Waals surface area (Å²) in [4.78, 5) is 25.2. The van der Waals surface area contributed by atoms with E-state index in [0.29, 0.717) is 75.4 Å². The lowest BCUT2D eigenvalue weighted by molar-refractivity contribution is 0.0611. The van der Waals surface area contributed by atoms with Gasteiger partial charge < -0.3 is 8.98 Å². The van der Waals surface area contributed by atoms with Gasteiger partial charge in [0.1, 0.15) is 23.3 Å². The van der Waals surface area contributed by atoms with Crippen LogP contribution < -0.4 is 4.31 Å². The average molecular weight is 710 g/mol. The molecule has 2 aliphatic rings. The van der Waals surface area contributed by atoms with E-state index >= 15 is 4.39 Å². The van der Waals surface area contributed by atoms with Crippen molar-refractivity contribution in [1.29, 1.82) is 0 Å². The third-order valence-corrected chi connectivity index (χ3v) is 11.4. The Morgan fingerprint density at radius 1 is 1.08 bits per heavy atom. The fraction of sp³-hybridized carbons (Fsp3) is 0.308. The molecular formula is C39H37F2N5O4S. The van der Waals surface area contributed by atoms with Crippen molar-refractivity contribution in [2.75, 3.05) is 37.2 Å². The van der Waals surface area contributed by atoms with Crippen molar-refractivity contribution in [2.45, 2.75) is 45.3 Å². The minimum absolute atomic E-state index is 0.00428. The van der Waals surface area contributed by atoms with Crippen molar-refractivity contribution in [2.24, 2.45) is 0 Å². The summed E-state index contributed by atoms with van der Waals surface area (Å²) in [6.45, 7) is 5.25. The van der Waals surface area contributed by atoms with E-state index in [4.69, 9.17) is 9.40 Å². The zero-order chi connectivity index (χ0) is 35.8. The van der Waals surface area contributed by atoms with Gasteiger partial charge in [-0.15, -0.1) is 0 Å². The number of fused-ring (bicyclic) bond motifs is 6. The molecule has 1 unspecified atom stereocenters. The van der Waals surface area contributed by atoms with Crippen LogP contribution in [0.2, 0.25) is 0 Å². The molecule has 6 heterocycles. The van der Waals surface area contributed by atoms with E-state index in [1.807, 2.05) is 43.3 Å². The number of aromatic nitrogens is 3. The molecule has 2 aromatic carbocycles. The first-order valence-corrected chi connectivity index (χ1v) is 18.9. The minimum Gasteiger partial charge on any atom is -0.455 e. The van der Waals surface area contributed by atoms with Crippen LogP contribution in [0.3, 0.4) is 0 Å². The molecule has 1 fully saturated rings. The number of halogens is 2. The number of hydrogen-bond donors (Lipinski definition) is 0. The second-order valence-corrected chi connectivity index (χ2v) is 15.7. The molecule has 6 aromatic rings. The van der Waals surface area contributed by atoms with Crippen LogP contribution in [0.5, 0.6) is 0 Å². The Bertz CT molecular complexity index is 2470. The molecule has 0 saturated carbocycles. The van der Waals surface area contributed by atoms with Crippen molar-refractivity contribution in [3.8, 4) is 34.0 Å². The van der Waals surface area contributed by atoms with Gasteiger partial charge in [0.25, 0.3) is 0 Å². The van der Waals surface area contributed by atoms with E-state index in [-0.39, 0.29) is 24.1 Å². The number of rotatable bonds is 9. The number of Topliss-reactive ketones (excluding diaryl/α,β-unsaturated/α-hetero) is 1. The number of benzene rings is 2. The monoisotopic (exact) mass is 709 g/mol. The number of aryl methyl sites for hydroxylation is 1. The van der Waals surface area contributed by atoms with Gasteiger partial charge >= 0.3 is 0 Å². The smallest absolute Gasteiger partial charge is 0.232 e. The quantitative estimate of drug-likeness (QED) is 0.142. The Morgan fingerprint density at radius 3 is 2.59 bits per heavy atom. The minimum atomic E-state index is -3.73. The van der Waals surface area contributed by atoms with E-state index < -0.39 is 16.2 Å². The number of pyridine rings is 2. The molecule has 0 bridgehead atoms. The lowest BCUT2D eigenvalue weighted by Gasteiger charge is -2.36. The number of alkyl halides is 1. The molecule has 8 rings (SSSR count). The standard InChI is InChI=1S/C39H37F2N5O4S/c1-5-35(47)37-29-16-28(33(44(3)51(4,48)49)18-36(29)50-39(37)24-10-9-22(2)42-19-24)31-12-11-23-15-26(13-14-45-20-25(40)21-45)46-32-8-6-7-30(41)27(32)17-34(46)38(23)43-31/h6-12,16-19,25-26H,5,13-15,20-21H2,1-4H3. The first kappa shape index (κ1) is 33.2. The van der Waals surface area contributed by atoms with Crippen LogP contribution in [0, 0.1) is 12.7 Å². The highest BCUT2D eigenvalue weighted by atomic mass is 32.2. The number of ketones is 1. The van der Waals surface area contributed by atoms with Crippen LogP contribution in [0.4, 0.5) is 14.5 Å². The van der Waals surface area contributed by atoms with Crippen molar-refractivity contribution in [3.63, 3.8) is 0 Å². The molecule has 0 radical (unpaired) electrons. The van der Waals surface area contributed by atoms with Gasteiger partial charge in [-0.25, -0.2) is 22.2 Å². The first-order valence-electron chi connectivity index (χ1n) is 17.1. The normalized spacial score (nSPS) is 16.3. The van der Waals surface area contributed by atoms with Crippen molar-refractivity contribution >= 4 is 43.4 Å². The molecule has 12 heteroatoms. The predicted molar refractivity (Wildman–Crippen MR) is 195 cm³/mol. The van der Waals surface area contributed by atoms with Gasteiger partial charge in [0.05, 0.1) is 40.1 Å². The zero-order valence-electron chi connectivity index (χ0n) is 28.8. The van der Waals surface area contributed by atoms with Crippen LogP contribution in [0.25, 0.3) is 55.8 Å². The number of nitrogens with zero attached hydrogens (tertiary/aromatic N) is 5. The van der Waals surface area contributed by atoms with Crippen molar-refractivity contribution < 1.29 is 26.4 Å². The van der Waals surface area contributed by atoms with E-state index in [1.54, 1.807) is 31.3 Å². The highest BCUT2D eigenvalue weighted by Gasteiger charge is 2.32. The van der Waals surface area contributed by atoms with Crippen LogP contribution >= 0.6 is 0 Å². The second kappa shape index (κ2) is 12.4. The molecule has 0 amide bonds. The summed E-state index contributed by atoms with van der Waals surface area (Å²) >= 11 is 0. The summed E-state index contributed by atoms with van der Waals surface area (Å²) in [6.07, 6.45) is 3.63. The molecule has 0 aliphatic carbocycles. The number of carbonyl (C=O) groups is 1. The molecule has 1 atom stereocenters. The molecular weight excluding hydrogens is 673 g/mol. The third kappa shape index (κ3) is 5.70. The molecule has 51 heavy (non-hydrogen) atoms. The van der Waals surface area contributed by atoms with Crippen molar-refractivity contribution in [3.05, 3.63) is 89.5 Å². The Labute approximate surface area is 294 Å². The molecule has 262 valence electrons. The predicted octanol–water partition coefficient (Wildman–Crippen LogP) is 7.76. The van der Waals surface area contributed by atoms with Gasteiger partial charge in [-0.1, -0.05) is 19.1 Å². The van der Waals surface area contributed by atoms with Crippen LogP contribution in [0.1, 0.15) is 47.4 Å². The maximum atomic E-state index is 15.2. The van der Waals surface area contributed by atoms with Gasteiger partial charge in [0, 0.05) is 79.0 Å². The fourth-order valence-corrected chi connectivity index (χ4v) is 7.96. The number of carbonyl (C=O) groups excluding carboxylic acids is 1. The van der Waals surface area contributed by atoms with E-state index in [0.717, 1.165) is 41.7 Å². The summed E-state index contributed by atoms with van der Waals surface area (Å²) in [7, 11) is -2.26. The van der Waals surface area contributed by atoms with E-state index in [2.05, 4.69) is 14.5 Å². The summed E-state index contributed by atoms with van der Waals surface area (Å²) < 4.78 is 64.5. The average Bonchev–Trinajstić information content (AvgIpc) is 3.68. The molecule has 0 spiro atoms. The van der Waals surface area contributed by atoms with Crippen LogP contribution in [-0.2, 0) is 16.4 Å². The number of sulfonamides is 1. The fourth-order valence-electron chi connectivity index (χ4n) is 7.45. The maximum Gasteiger partial charge on any atom is 0.232 e. The van der Waals surface area contributed by atoms with E-state index in [9.17, 15) is 17.6 Å². The Morgan fingerprint density at radius 2 is 1.88 bits per heavy atom. The molecule has 1 saturated heterocycles. The topological polar surface area (TPSA) is 102 Å². The third-order valence-electron chi connectivity index (χ3n) is 10.3. The number of anilines is 1. The summed E-state index contributed by atoms with van der Waals surface area (Å²) in [5.41, 5.74) is 6.67. The van der Waals surface area contributed by atoms with Gasteiger partial charge in [0.15, 0.2) is 5.78 Å². The number of furan rings is 1. The lowest BCUT2D eigenvalue weighted by atomic mass is 9.93.